The number of rotatable bonds is 5. The molecule has 0 fully saturated rings. The summed E-state index contributed by atoms with van der Waals surface area (Å²) in [4.78, 5) is 12.3. The van der Waals surface area contributed by atoms with E-state index in [1.165, 1.54) is 0 Å². The molecule has 2 heterocycles. The molecule has 114 valence electrons. The highest BCUT2D eigenvalue weighted by Crippen LogP contribution is 2.26. The minimum absolute atomic E-state index is 0.0283. The lowest BCUT2D eigenvalue weighted by atomic mass is 10.2. The van der Waals surface area contributed by atoms with Crippen molar-refractivity contribution in [1.29, 1.82) is 0 Å². The maximum absolute atomic E-state index is 12.3. The maximum atomic E-state index is 12.3. The minimum Gasteiger partial charge on any atom is -0.497 e. The van der Waals surface area contributed by atoms with Crippen LogP contribution in [-0.4, -0.2) is 24.1 Å². The van der Waals surface area contributed by atoms with Crippen LogP contribution in [0.2, 0.25) is 0 Å². The topological polar surface area (TPSA) is 43.3 Å². The minimum atomic E-state index is -0.0283. The Morgan fingerprint density at radius 2 is 2.05 bits per heavy atom. The molecule has 1 aromatic carbocycles. The molecule has 1 amide bonds. The number of nitrogens with one attached hydrogen (secondary N) is 1. The number of carbonyl (C=O) groups is 1. The second kappa shape index (κ2) is 6.23. The first-order valence-corrected chi connectivity index (χ1v) is 8.08. The van der Waals surface area contributed by atoms with Gasteiger partial charge in [0.25, 0.3) is 5.91 Å². The molecular weight excluding hydrogens is 296 g/mol. The number of hydrogen-bond donors (Lipinski definition) is 1. The van der Waals surface area contributed by atoms with E-state index in [1.807, 2.05) is 37.3 Å². The summed E-state index contributed by atoms with van der Waals surface area (Å²) in [6, 6.07) is 12.0. The summed E-state index contributed by atoms with van der Waals surface area (Å²) in [5.74, 6) is 0.806. The quantitative estimate of drug-likeness (QED) is 0.783. The predicted molar refractivity (Wildman–Crippen MR) is 89.9 cm³/mol. The first-order valence-electron chi connectivity index (χ1n) is 7.20. The van der Waals surface area contributed by atoms with Gasteiger partial charge in [-0.05, 0) is 42.1 Å². The van der Waals surface area contributed by atoms with Crippen LogP contribution in [0.1, 0.15) is 23.0 Å². The molecular formula is C17H18N2O2S. The Morgan fingerprint density at radius 1 is 1.27 bits per heavy atom. The highest BCUT2D eigenvalue weighted by atomic mass is 32.1. The van der Waals surface area contributed by atoms with Crippen molar-refractivity contribution in [1.82, 2.24) is 9.88 Å². The number of nitrogens with zero attached hydrogens (tertiary/aromatic N) is 1. The Labute approximate surface area is 133 Å². The number of ether oxygens (including phenoxy) is 1. The number of benzene rings is 1. The average molecular weight is 314 g/mol. The summed E-state index contributed by atoms with van der Waals surface area (Å²) in [5.41, 5.74) is 2.94. The van der Waals surface area contributed by atoms with E-state index in [1.54, 1.807) is 18.4 Å². The molecule has 0 aliphatic heterocycles. The van der Waals surface area contributed by atoms with Crippen LogP contribution in [0.15, 0.2) is 41.8 Å². The lowest BCUT2D eigenvalue weighted by Crippen LogP contribution is -2.25. The highest BCUT2D eigenvalue weighted by molar-refractivity contribution is 7.17. The van der Waals surface area contributed by atoms with Crippen LogP contribution >= 0.6 is 11.3 Å². The van der Waals surface area contributed by atoms with Crippen molar-refractivity contribution >= 4 is 27.5 Å². The molecule has 0 saturated carbocycles. The number of hydrogen-bond acceptors (Lipinski definition) is 3. The molecule has 0 atom stereocenters. The van der Waals surface area contributed by atoms with Gasteiger partial charge in [-0.3, -0.25) is 4.79 Å². The molecule has 0 spiro atoms. The van der Waals surface area contributed by atoms with Crippen molar-refractivity contribution in [3.05, 3.63) is 53.0 Å². The average Bonchev–Trinajstić information content (AvgIpc) is 3.11. The van der Waals surface area contributed by atoms with E-state index in [2.05, 4.69) is 21.3 Å². The molecule has 3 rings (SSSR count). The molecule has 22 heavy (non-hydrogen) atoms. The van der Waals surface area contributed by atoms with Crippen LogP contribution in [0.4, 0.5) is 0 Å². The lowest BCUT2D eigenvalue weighted by Gasteiger charge is -2.11. The van der Waals surface area contributed by atoms with Crippen molar-refractivity contribution in [2.75, 3.05) is 13.7 Å². The molecule has 1 N–H and O–H groups in total. The number of methoxy groups -OCH3 is 1. The summed E-state index contributed by atoms with van der Waals surface area (Å²) in [5, 5.41) is 4.93. The monoisotopic (exact) mass is 314 g/mol. The Bertz CT molecular complexity index is 787. The summed E-state index contributed by atoms with van der Waals surface area (Å²) in [6.45, 7) is 3.22. The van der Waals surface area contributed by atoms with E-state index in [0.717, 1.165) is 21.5 Å². The van der Waals surface area contributed by atoms with E-state index in [4.69, 9.17) is 4.74 Å². The van der Waals surface area contributed by atoms with E-state index in [0.29, 0.717) is 18.8 Å². The van der Waals surface area contributed by atoms with Gasteiger partial charge in [-0.2, -0.15) is 0 Å². The van der Waals surface area contributed by atoms with Crippen LogP contribution in [0, 0.1) is 0 Å². The molecule has 2 aromatic heterocycles. The van der Waals surface area contributed by atoms with Gasteiger partial charge >= 0.3 is 0 Å². The van der Waals surface area contributed by atoms with Crippen molar-refractivity contribution in [2.45, 2.75) is 13.5 Å². The molecule has 0 radical (unpaired) electrons. The zero-order valence-electron chi connectivity index (χ0n) is 12.6. The van der Waals surface area contributed by atoms with Crippen LogP contribution < -0.4 is 10.1 Å². The Hall–Kier alpha value is -2.27. The fourth-order valence-corrected chi connectivity index (χ4v) is 3.32. The summed E-state index contributed by atoms with van der Waals surface area (Å²) in [6.07, 6.45) is 0. The fourth-order valence-electron chi connectivity index (χ4n) is 2.50. The van der Waals surface area contributed by atoms with Gasteiger partial charge in [0.1, 0.15) is 11.4 Å². The van der Waals surface area contributed by atoms with Crippen molar-refractivity contribution in [3.8, 4) is 5.75 Å². The number of carbonyl (C=O) groups excluding carboxylic acids is 1. The molecule has 0 aliphatic rings. The zero-order chi connectivity index (χ0) is 15.5. The Morgan fingerprint density at radius 3 is 2.73 bits per heavy atom. The summed E-state index contributed by atoms with van der Waals surface area (Å²) < 4.78 is 8.39. The normalized spacial score (nSPS) is 10.8. The van der Waals surface area contributed by atoms with Crippen molar-refractivity contribution < 1.29 is 9.53 Å². The van der Waals surface area contributed by atoms with Crippen LogP contribution in [0.25, 0.3) is 10.2 Å². The highest BCUT2D eigenvalue weighted by Gasteiger charge is 2.16. The molecule has 0 aliphatic carbocycles. The van der Waals surface area contributed by atoms with Crippen LogP contribution in [-0.2, 0) is 6.54 Å². The number of amides is 1. The largest absolute Gasteiger partial charge is 0.497 e. The van der Waals surface area contributed by atoms with E-state index in [-0.39, 0.29) is 5.91 Å². The van der Waals surface area contributed by atoms with Gasteiger partial charge in [0.15, 0.2) is 0 Å². The van der Waals surface area contributed by atoms with E-state index < -0.39 is 0 Å². The Balaban J connectivity index is 1.98. The molecule has 0 saturated heterocycles. The lowest BCUT2D eigenvalue weighted by molar-refractivity contribution is 0.0947. The van der Waals surface area contributed by atoms with Crippen molar-refractivity contribution in [3.63, 3.8) is 0 Å². The van der Waals surface area contributed by atoms with E-state index in [9.17, 15) is 4.79 Å². The van der Waals surface area contributed by atoms with Gasteiger partial charge in [0.2, 0.25) is 0 Å². The first-order chi connectivity index (χ1) is 10.7. The first kappa shape index (κ1) is 14.7. The summed E-state index contributed by atoms with van der Waals surface area (Å²) >= 11 is 1.65. The molecule has 0 bridgehead atoms. The van der Waals surface area contributed by atoms with Crippen molar-refractivity contribution in [2.24, 2.45) is 0 Å². The fraction of sp³-hybridized carbons (Fsp3) is 0.235. The number of fused-ring (bicyclic) bond motifs is 1. The van der Waals surface area contributed by atoms with E-state index >= 15 is 0 Å². The van der Waals surface area contributed by atoms with Crippen LogP contribution in [0.5, 0.6) is 5.75 Å². The number of thiophene rings is 1. The van der Waals surface area contributed by atoms with Gasteiger partial charge < -0.3 is 14.6 Å². The third-order valence-corrected chi connectivity index (χ3v) is 4.45. The zero-order valence-corrected chi connectivity index (χ0v) is 13.4. The second-order valence-electron chi connectivity index (χ2n) is 4.99. The molecule has 3 aromatic rings. The predicted octanol–water partition coefficient (Wildman–Crippen LogP) is 3.51. The SMILES string of the molecule is CCNC(=O)c1cc2sccc2n1Cc1ccc(OC)cc1. The van der Waals surface area contributed by atoms with Gasteiger partial charge in [0.05, 0.1) is 17.3 Å². The maximum Gasteiger partial charge on any atom is 0.267 e. The van der Waals surface area contributed by atoms with Gasteiger partial charge in [-0.25, -0.2) is 0 Å². The third-order valence-electron chi connectivity index (χ3n) is 3.59. The molecule has 4 nitrogen and oxygen atoms in total. The standard InChI is InChI=1S/C17H18N2O2S/c1-3-18-17(20)15-10-16-14(8-9-22-16)19(15)11-12-4-6-13(21-2)7-5-12/h4-10H,3,11H2,1-2H3,(H,18,20). The van der Waals surface area contributed by atoms with Gasteiger partial charge in [-0.15, -0.1) is 11.3 Å². The smallest absolute Gasteiger partial charge is 0.267 e. The molecule has 5 heteroatoms. The molecule has 0 unspecified atom stereocenters. The number of aromatic nitrogens is 1. The Kier molecular flexibility index (Phi) is 4.15. The third kappa shape index (κ3) is 2.72. The van der Waals surface area contributed by atoms with Crippen LogP contribution in [0.3, 0.4) is 0 Å². The van der Waals surface area contributed by atoms with Gasteiger partial charge in [0, 0.05) is 13.1 Å². The van der Waals surface area contributed by atoms with Gasteiger partial charge in [-0.1, -0.05) is 12.1 Å². The second-order valence-corrected chi connectivity index (χ2v) is 5.94. The summed E-state index contributed by atoms with van der Waals surface area (Å²) in [7, 11) is 1.66.